The Morgan fingerprint density at radius 1 is 1.12 bits per heavy atom. The molecule has 2 aromatic rings. The van der Waals surface area contributed by atoms with Crippen molar-refractivity contribution in [3.05, 3.63) is 44.8 Å². The molecule has 0 saturated heterocycles. The van der Waals surface area contributed by atoms with Crippen molar-refractivity contribution in [2.45, 2.75) is 0 Å². The van der Waals surface area contributed by atoms with Gasteiger partial charge in [-0.25, -0.2) is 4.98 Å². The monoisotopic (exact) mass is 316 g/mol. The van der Waals surface area contributed by atoms with Crippen LogP contribution in [0.25, 0.3) is 11.3 Å². The van der Waals surface area contributed by atoms with Gasteiger partial charge in [-0.3, -0.25) is 0 Å². The number of rotatable bonds is 1. The predicted octanol–water partition coefficient (Wildman–Crippen LogP) is 4.40. The maximum absolute atomic E-state index is 6.08. The molecule has 0 atom stereocenters. The van der Waals surface area contributed by atoms with Crippen molar-refractivity contribution in [3.63, 3.8) is 0 Å². The predicted molar refractivity (Wildman–Crippen MR) is 71.8 cm³/mol. The second-order valence-electron chi connectivity index (χ2n) is 3.17. The van der Waals surface area contributed by atoms with E-state index < -0.39 is 0 Å². The molecule has 0 saturated carbocycles. The van der Waals surface area contributed by atoms with Gasteiger partial charge in [0.15, 0.2) is 0 Å². The lowest BCUT2D eigenvalue weighted by molar-refractivity contribution is 1.33. The third-order valence-electron chi connectivity index (χ3n) is 2.09. The zero-order chi connectivity index (χ0) is 11.7. The van der Waals surface area contributed by atoms with E-state index in [0.29, 0.717) is 15.7 Å². The van der Waals surface area contributed by atoms with Gasteiger partial charge in [-0.1, -0.05) is 57.3 Å². The first-order valence-corrected chi connectivity index (χ1v) is 6.01. The SMILES string of the molecule is Nc1nc(-c2ccccc2Br)c(Cl)cc1Cl. The second-order valence-corrected chi connectivity index (χ2v) is 4.83. The zero-order valence-corrected chi connectivity index (χ0v) is 11.1. The molecule has 16 heavy (non-hydrogen) atoms. The Balaban J connectivity index is 2.65. The fraction of sp³-hybridized carbons (Fsp3) is 0. The molecule has 82 valence electrons. The van der Waals surface area contributed by atoms with E-state index in [1.165, 1.54) is 0 Å². The number of nitrogens with zero attached hydrogens (tertiary/aromatic N) is 1. The number of pyridine rings is 1. The largest absolute Gasteiger partial charge is 0.382 e. The van der Waals surface area contributed by atoms with Crippen LogP contribution in [0.2, 0.25) is 10.0 Å². The third-order valence-corrected chi connectivity index (χ3v) is 3.37. The van der Waals surface area contributed by atoms with Crippen molar-refractivity contribution < 1.29 is 0 Å². The molecule has 2 N–H and O–H groups in total. The number of nitrogen functional groups attached to an aromatic ring is 1. The topological polar surface area (TPSA) is 38.9 Å². The average molecular weight is 318 g/mol. The highest BCUT2D eigenvalue weighted by Crippen LogP contribution is 2.34. The quantitative estimate of drug-likeness (QED) is 0.846. The van der Waals surface area contributed by atoms with E-state index in [1.54, 1.807) is 6.07 Å². The van der Waals surface area contributed by atoms with Crippen LogP contribution in [0.15, 0.2) is 34.8 Å². The van der Waals surface area contributed by atoms with E-state index >= 15 is 0 Å². The lowest BCUT2D eigenvalue weighted by Gasteiger charge is -2.07. The van der Waals surface area contributed by atoms with Crippen LogP contribution in [0.3, 0.4) is 0 Å². The number of benzene rings is 1. The molecule has 0 unspecified atom stereocenters. The molecular weight excluding hydrogens is 311 g/mol. The van der Waals surface area contributed by atoms with Crippen molar-refractivity contribution in [1.82, 2.24) is 4.98 Å². The van der Waals surface area contributed by atoms with Gasteiger partial charge in [0.1, 0.15) is 5.82 Å². The van der Waals surface area contributed by atoms with Crippen LogP contribution in [-0.2, 0) is 0 Å². The summed E-state index contributed by atoms with van der Waals surface area (Å²) >= 11 is 15.4. The Bertz CT molecular complexity index is 544. The molecule has 0 aliphatic rings. The van der Waals surface area contributed by atoms with Gasteiger partial charge in [0, 0.05) is 10.0 Å². The number of halogens is 3. The standard InChI is InChI=1S/C11H7BrCl2N2/c12-7-4-2-1-3-6(7)10-8(13)5-9(14)11(15)16-10/h1-5H,(H2,15,16). The zero-order valence-electron chi connectivity index (χ0n) is 8.05. The third kappa shape index (κ3) is 2.17. The summed E-state index contributed by atoms with van der Waals surface area (Å²) in [4.78, 5) is 4.19. The van der Waals surface area contributed by atoms with Crippen LogP contribution in [0.1, 0.15) is 0 Å². The summed E-state index contributed by atoms with van der Waals surface area (Å²) in [5, 5.41) is 0.840. The molecule has 0 fully saturated rings. The molecule has 5 heteroatoms. The lowest BCUT2D eigenvalue weighted by atomic mass is 10.1. The molecule has 0 radical (unpaired) electrons. The van der Waals surface area contributed by atoms with Crippen LogP contribution in [0.5, 0.6) is 0 Å². The Morgan fingerprint density at radius 3 is 2.50 bits per heavy atom. The molecule has 1 aromatic heterocycles. The number of hydrogen-bond acceptors (Lipinski definition) is 2. The molecule has 0 spiro atoms. The van der Waals surface area contributed by atoms with Crippen LogP contribution < -0.4 is 5.73 Å². The van der Waals surface area contributed by atoms with Gasteiger partial charge in [0.25, 0.3) is 0 Å². The summed E-state index contributed by atoms with van der Waals surface area (Å²) in [6.45, 7) is 0. The highest BCUT2D eigenvalue weighted by atomic mass is 79.9. The minimum atomic E-state index is 0.275. The van der Waals surface area contributed by atoms with Crippen molar-refractivity contribution in [1.29, 1.82) is 0 Å². The van der Waals surface area contributed by atoms with Gasteiger partial charge in [-0.05, 0) is 12.1 Å². The fourth-order valence-corrected chi connectivity index (χ4v) is 2.26. The molecule has 0 amide bonds. The highest BCUT2D eigenvalue weighted by Gasteiger charge is 2.11. The van der Waals surface area contributed by atoms with Gasteiger partial charge >= 0.3 is 0 Å². The van der Waals surface area contributed by atoms with Gasteiger partial charge in [0.2, 0.25) is 0 Å². The Morgan fingerprint density at radius 2 is 1.81 bits per heavy atom. The van der Waals surface area contributed by atoms with Crippen molar-refractivity contribution >= 4 is 44.9 Å². The van der Waals surface area contributed by atoms with Crippen molar-refractivity contribution in [3.8, 4) is 11.3 Å². The summed E-state index contributed by atoms with van der Waals surface area (Å²) in [5.41, 5.74) is 7.17. The average Bonchev–Trinajstić information content (AvgIpc) is 2.25. The Hall–Kier alpha value is -0.770. The van der Waals surface area contributed by atoms with Gasteiger partial charge in [-0.2, -0.15) is 0 Å². The first-order valence-electron chi connectivity index (χ1n) is 4.46. The number of hydrogen-bond donors (Lipinski definition) is 1. The van der Waals surface area contributed by atoms with E-state index in [1.807, 2.05) is 24.3 Å². The summed E-state index contributed by atoms with van der Waals surface area (Å²) in [5.74, 6) is 0.275. The number of aromatic nitrogens is 1. The maximum Gasteiger partial charge on any atom is 0.143 e. The molecular formula is C11H7BrCl2N2. The minimum absolute atomic E-state index is 0.275. The molecule has 2 rings (SSSR count). The smallest absolute Gasteiger partial charge is 0.143 e. The summed E-state index contributed by atoms with van der Waals surface area (Å²) < 4.78 is 0.908. The fourth-order valence-electron chi connectivity index (χ4n) is 1.32. The van der Waals surface area contributed by atoms with E-state index in [4.69, 9.17) is 28.9 Å². The van der Waals surface area contributed by atoms with Gasteiger partial charge in [-0.15, -0.1) is 0 Å². The van der Waals surface area contributed by atoms with Crippen LogP contribution in [0, 0.1) is 0 Å². The number of anilines is 1. The molecule has 0 aliphatic heterocycles. The Kier molecular flexibility index (Phi) is 3.38. The van der Waals surface area contributed by atoms with Gasteiger partial charge in [0.05, 0.1) is 15.7 Å². The first kappa shape index (κ1) is 11.7. The van der Waals surface area contributed by atoms with Gasteiger partial charge < -0.3 is 5.73 Å². The summed E-state index contributed by atoms with van der Waals surface area (Å²) in [6.07, 6.45) is 0. The van der Waals surface area contributed by atoms with E-state index in [-0.39, 0.29) is 5.82 Å². The first-order chi connectivity index (χ1) is 7.59. The molecule has 2 nitrogen and oxygen atoms in total. The Labute approximate surface area is 112 Å². The van der Waals surface area contributed by atoms with Crippen LogP contribution >= 0.6 is 39.1 Å². The van der Waals surface area contributed by atoms with Crippen molar-refractivity contribution in [2.75, 3.05) is 5.73 Å². The maximum atomic E-state index is 6.08. The highest BCUT2D eigenvalue weighted by molar-refractivity contribution is 9.10. The van der Waals surface area contributed by atoms with E-state index in [0.717, 1.165) is 10.0 Å². The minimum Gasteiger partial charge on any atom is -0.382 e. The van der Waals surface area contributed by atoms with E-state index in [2.05, 4.69) is 20.9 Å². The van der Waals surface area contributed by atoms with E-state index in [9.17, 15) is 0 Å². The second kappa shape index (κ2) is 4.62. The molecule has 1 heterocycles. The lowest BCUT2D eigenvalue weighted by Crippen LogP contribution is -1.95. The van der Waals surface area contributed by atoms with Crippen LogP contribution in [-0.4, -0.2) is 4.98 Å². The molecule has 1 aromatic carbocycles. The normalized spacial score (nSPS) is 10.4. The molecule has 0 aliphatic carbocycles. The van der Waals surface area contributed by atoms with Crippen molar-refractivity contribution in [2.24, 2.45) is 0 Å². The number of nitrogens with two attached hydrogens (primary N) is 1. The summed E-state index contributed by atoms with van der Waals surface area (Å²) in [6, 6.07) is 9.24. The van der Waals surface area contributed by atoms with Crippen LogP contribution in [0.4, 0.5) is 5.82 Å². The summed E-state index contributed by atoms with van der Waals surface area (Å²) in [7, 11) is 0. The molecule has 0 bridgehead atoms.